The summed E-state index contributed by atoms with van der Waals surface area (Å²) in [4.78, 5) is 13.7. The second kappa shape index (κ2) is 4.71. The van der Waals surface area contributed by atoms with E-state index in [9.17, 15) is 9.18 Å². The van der Waals surface area contributed by atoms with E-state index >= 15 is 0 Å². The van der Waals surface area contributed by atoms with E-state index in [4.69, 9.17) is 15.2 Å². The Morgan fingerprint density at radius 2 is 1.82 bits per heavy atom. The van der Waals surface area contributed by atoms with Crippen molar-refractivity contribution < 1.29 is 18.7 Å². The number of ether oxygens (including phenoxy) is 2. The number of halogens is 1. The quantitative estimate of drug-likeness (QED) is 0.861. The third kappa shape index (κ3) is 1.84. The molecule has 5 nitrogen and oxygen atoms in total. The second-order valence-electron chi connectivity index (χ2n) is 5.27. The van der Waals surface area contributed by atoms with Crippen LogP contribution < -0.4 is 20.1 Å². The molecule has 6 heteroatoms. The Morgan fingerprint density at radius 1 is 1.09 bits per heavy atom. The lowest BCUT2D eigenvalue weighted by Gasteiger charge is -2.45. The van der Waals surface area contributed by atoms with Crippen LogP contribution in [0.1, 0.15) is 11.6 Å². The molecule has 0 aliphatic carbocycles. The van der Waals surface area contributed by atoms with Crippen molar-refractivity contribution in [3.8, 4) is 11.5 Å². The first-order valence-corrected chi connectivity index (χ1v) is 6.89. The number of nitrogens with zero attached hydrogens (tertiary/aromatic N) is 1. The molecule has 2 atom stereocenters. The molecule has 2 N–H and O–H groups in total. The van der Waals surface area contributed by atoms with Gasteiger partial charge in [-0.25, -0.2) is 4.39 Å². The summed E-state index contributed by atoms with van der Waals surface area (Å²) in [5.41, 5.74) is 7.45. The van der Waals surface area contributed by atoms with E-state index in [1.165, 1.54) is 12.1 Å². The SMILES string of the molecule is N[C@@H]1C(=O)N(c2ccc(F)cc2)[C@H]1c1ccc2c(c1)OCO2. The van der Waals surface area contributed by atoms with Crippen LogP contribution in [-0.4, -0.2) is 18.7 Å². The monoisotopic (exact) mass is 300 g/mol. The number of nitrogens with two attached hydrogens (primary N) is 1. The van der Waals surface area contributed by atoms with Crippen LogP contribution in [0.15, 0.2) is 42.5 Å². The number of amides is 1. The standard InChI is InChI=1S/C16H13FN2O3/c17-10-2-4-11(5-3-10)19-15(14(18)16(19)20)9-1-6-12-13(7-9)22-8-21-12/h1-7,14-15H,8,18H2/t14-,15-/m0/s1. The molecule has 2 heterocycles. The zero-order chi connectivity index (χ0) is 15.3. The van der Waals surface area contributed by atoms with Crippen molar-refractivity contribution in [2.24, 2.45) is 5.73 Å². The average molecular weight is 300 g/mol. The molecule has 2 aliphatic heterocycles. The number of benzene rings is 2. The Labute approximate surface area is 126 Å². The highest BCUT2D eigenvalue weighted by Gasteiger charge is 2.47. The predicted octanol–water partition coefficient (Wildman–Crippen LogP) is 1.97. The minimum Gasteiger partial charge on any atom is -0.454 e. The maximum absolute atomic E-state index is 13.1. The van der Waals surface area contributed by atoms with Crippen molar-refractivity contribution in [2.45, 2.75) is 12.1 Å². The minimum atomic E-state index is -0.620. The molecule has 2 aromatic carbocycles. The molecule has 1 saturated heterocycles. The van der Waals surface area contributed by atoms with Crippen LogP contribution in [0.5, 0.6) is 11.5 Å². The maximum atomic E-state index is 13.1. The van der Waals surface area contributed by atoms with E-state index in [-0.39, 0.29) is 24.6 Å². The Morgan fingerprint density at radius 3 is 2.59 bits per heavy atom. The smallest absolute Gasteiger partial charge is 0.247 e. The number of anilines is 1. The fourth-order valence-corrected chi connectivity index (χ4v) is 2.85. The zero-order valence-electron chi connectivity index (χ0n) is 11.5. The number of carbonyl (C=O) groups is 1. The number of hydrogen-bond acceptors (Lipinski definition) is 4. The zero-order valence-corrected chi connectivity index (χ0v) is 11.5. The Bertz CT molecular complexity index is 748. The van der Waals surface area contributed by atoms with Gasteiger partial charge in [-0.05, 0) is 42.0 Å². The molecule has 0 aromatic heterocycles. The van der Waals surface area contributed by atoms with Gasteiger partial charge in [0.2, 0.25) is 12.7 Å². The molecule has 1 amide bonds. The van der Waals surface area contributed by atoms with Crippen LogP contribution in [0.3, 0.4) is 0 Å². The summed E-state index contributed by atoms with van der Waals surface area (Å²) in [6, 6.07) is 10.4. The van der Waals surface area contributed by atoms with E-state index < -0.39 is 6.04 Å². The first-order chi connectivity index (χ1) is 10.6. The molecule has 2 aromatic rings. The summed E-state index contributed by atoms with van der Waals surface area (Å²) >= 11 is 0. The van der Waals surface area contributed by atoms with E-state index in [1.54, 1.807) is 23.1 Å². The number of carbonyl (C=O) groups excluding carboxylic acids is 1. The fraction of sp³-hybridized carbons (Fsp3) is 0.188. The highest BCUT2D eigenvalue weighted by atomic mass is 19.1. The van der Waals surface area contributed by atoms with Crippen molar-refractivity contribution in [1.82, 2.24) is 0 Å². The molecule has 0 saturated carbocycles. The minimum absolute atomic E-state index is 0.186. The maximum Gasteiger partial charge on any atom is 0.247 e. The summed E-state index contributed by atoms with van der Waals surface area (Å²) in [7, 11) is 0. The van der Waals surface area contributed by atoms with Gasteiger partial charge in [-0.1, -0.05) is 6.07 Å². The molecule has 0 spiro atoms. The van der Waals surface area contributed by atoms with Gasteiger partial charge in [-0.2, -0.15) is 0 Å². The molecular formula is C16H13FN2O3. The topological polar surface area (TPSA) is 64.8 Å². The number of β-lactam (4-membered cyclic amide) rings is 1. The highest BCUT2D eigenvalue weighted by molar-refractivity contribution is 6.05. The van der Waals surface area contributed by atoms with E-state index in [0.29, 0.717) is 17.2 Å². The molecule has 0 unspecified atom stereocenters. The summed E-state index contributed by atoms with van der Waals surface area (Å²) in [6.07, 6.45) is 0. The van der Waals surface area contributed by atoms with Crippen molar-refractivity contribution in [3.05, 3.63) is 53.8 Å². The van der Waals surface area contributed by atoms with E-state index in [0.717, 1.165) is 5.56 Å². The van der Waals surface area contributed by atoms with Gasteiger partial charge < -0.3 is 20.1 Å². The highest BCUT2D eigenvalue weighted by Crippen LogP contribution is 2.42. The van der Waals surface area contributed by atoms with Crippen molar-refractivity contribution >= 4 is 11.6 Å². The lowest BCUT2D eigenvalue weighted by Crippen LogP contribution is -2.63. The number of fused-ring (bicyclic) bond motifs is 1. The largest absolute Gasteiger partial charge is 0.454 e. The Balaban J connectivity index is 1.70. The lowest BCUT2D eigenvalue weighted by molar-refractivity contribution is -0.126. The fourth-order valence-electron chi connectivity index (χ4n) is 2.85. The number of rotatable bonds is 2. The summed E-state index contributed by atoms with van der Waals surface area (Å²) in [5, 5.41) is 0. The van der Waals surface area contributed by atoms with Crippen molar-refractivity contribution in [1.29, 1.82) is 0 Å². The molecule has 0 radical (unpaired) electrons. The first-order valence-electron chi connectivity index (χ1n) is 6.89. The average Bonchev–Trinajstić information content (AvgIpc) is 3.00. The Hall–Kier alpha value is -2.60. The summed E-state index contributed by atoms with van der Waals surface area (Å²) in [5.74, 6) is 0.786. The van der Waals surface area contributed by atoms with Gasteiger partial charge in [0.05, 0.1) is 6.04 Å². The molecule has 0 bridgehead atoms. The molecule has 1 fully saturated rings. The third-order valence-electron chi connectivity index (χ3n) is 3.98. The van der Waals surface area contributed by atoms with Gasteiger partial charge in [0.1, 0.15) is 11.9 Å². The summed E-state index contributed by atoms with van der Waals surface area (Å²) in [6.45, 7) is 0.191. The van der Waals surface area contributed by atoms with Crippen LogP contribution in [0, 0.1) is 5.82 Å². The second-order valence-corrected chi connectivity index (χ2v) is 5.27. The summed E-state index contributed by atoms with van der Waals surface area (Å²) < 4.78 is 23.7. The van der Waals surface area contributed by atoms with Crippen LogP contribution >= 0.6 is 0 Å². The molecule has 2 aliphatic rings. The van der Waals surface area contributed by atoms with Gasteiger partial charge in [-0.15, -0.1) is 0 Å². The first kappa shape index (κ1) is 13.1. The Kier molecular flexibility index (Phi) is 2.80. The van der Waals surface area contributed by atoms with Crippen molar-refractivity contribution in [3.63, 3.8) is 0 Å². The van der Waals surface area contributed by atoms with Gasteiger partial charge in [0.25, 0.3) is 0 Å². The van der Waals surface area contributed by atoms with Gasteiger partial charge >= 0.3 is 0 Å². The van der Waals surface area contributed by atoms with Crippen molar-refractivity contribution in [2.75, 3.05) is 11.7 Å². The molecule has 112 valence electrons. The normalized spacial score (nSPS) is 22.6. The van der Waals surface area contributed by atoms with Crippen LogP contribution in [0.2, 0.25) is 0 Å². The van der Waals surface area contributed by atoms with Crippen LogP contribution in [0.4, 0.5) is 10.1 Å². The molecule has 4 rings (SSSR count). The molecular weight excluding hydrogens is 287 g/mol. The van der Waals surface area contributed by atoms with Gasteiger partial charge in [0.15, 0.2) is 11.5 Å². The number of hydrogen-bond donors (Lipinski definition) is 1. The molecule has 22 heavy (non-hydrogen) atoms. The van der Waals surface area contributed by atoms with Gasteiger partial charge in [-0.3, -0.25) is 4.79 Å². The lowest BCUT2D eigenvalue weighted by atomic mass is 9.88. The van der Waals surface area contributed by atoms with Crippen LogP contribution in [-0.2, 0) is 4.79 Å². The van der Waals surface area contributed by atoms with Gasteiger partial charge in [0, 0.05) is 5.69 Å². The van der Waals surface area contributed by atoms with E-state index in [2.05, 4.69) is 0 Å². The van der Waals surface area contributed by atoms with Crippen LogP contribution in [0.25, 0.3) is 0 Å². The third-order valence-corrected chi connectivity index (χ3v) is 3.98. The predicted molar refractivity (Wildman–Crippen MR) is 77.2 cm³/mol. The van der Waals surface area contributed by atoms with E-state index in [1.807, 2.05) is 12.1 Å².